The number of carbonyl (C=O) groups is 2. The highest BCUT2D eigenvalue weighted by molar-refractivity contribution is 6.04. The Balaban J connectivity index is 1.56. The van der Waals surface area contributed by atoms with Crippen molar-refractivity contribution in [3.63, 3.8) is 0 Å². The van der Waals surface area contributed by atoms with Crippen molar-refractivity contribution in [1.82, 2.24) is 30.0 Å². The van der Waals surface area contributed by atoms with Gasteiger partial charge in [-0.1, -0.05) is 6.07 Å². The fourth-order valence-electron chi connectivity index (χ4n) is 3.13. The standard InChI is InChI=1S/C21H16F3N7O3/c1-2-34-20(33)17-11-26-31(18(17)21(22,23)24)15-8-6-14(7-9-15)27-19(32)13-4-3-5-16(10-13)30-12-25-28-29-30/h3-12H,2H2,1H3,(H,27,32). The minimum atomic E-state index is -4.85. The van der Waals surface area contributed by atoms with Crippen LogP contribution in [0, 0.1) is 0 Å². The highest BCUT2D eigenvalue weighted by Crippen LogP contribution is 2.34. The molecule has 2 aromatic carbocycles. The van der Waals surface area contributed by atoms with Gasteiger partial charge in [-0.15, -0.1) is 5.10 Å². The zero-order valence-corrected chi connectivity index (χ0v) is 17.5. The van der Waals surface area contributed by atoms with E-state index in [-0.39, 0.29) is 12.3 Å². The van der Waals surface area contributed by atoms with E-state index < -0.39 is 29.3 Å². The number of nitrogens with one attached hydrogen (secondary N) is 1. The second kappa shape index (κ2) is 9.13. The van der Waals surface area contributed by atoms with Crippen LogP contribution in [0.1, 0.15) is 33.3 Å². The average Bonchev–Trinajstić information content (AvgIpc) is 3.50. The third kappa shape index (κ3) is 4.62. The van der Waals surface area contributed by atoms with E-state index in [0.717, 1.165) is 6.20 Å². The maximum absolute atomic E-state index is 13.7. The fraction of sp³-hybridized carbons (Fsp3) is 0.143. The molecule has 0 radical (unpaired) electrons. The Hall–Kier alpha value is -4.55. The van der Waals surface area contributed by atoms with Gasteiger partial charge in [0.2, 0.25) is 0 Å². The van der Waals surface area contributed by atoms with Crippen molar-refractivity contribution in [3.05, 3.63) is 77.9 Å². The van der Waals surface area contributed by atoms with Crippen molar-refractivity contribution in [2.45, 2.75) is 13.1 Å². The quantitative estimate of drug-likeness (QED) is 0.429. The first-order valence-corrected chi connectivity index (χ1v) is 9.85. The molecule has 1 amide bonds. The van der Waals surface area contributed by atoms with Crippen molar-refractivity contribution >= 4 is 17.6 Å². The number of amides is 1. The van der Waals surface area contributed by atoms with Gasteiger partial charge >= 0.3 is 12.1 Å². The molecule has 0 saturated carbocycles. The molecule has 4 aromatic rings. The van der Waals surface area contributed by atoms with E-state index in [1.807, 2.05) is 0 Å². The molecule has 0 atom stereocenters. The summed E-state index contributed by atoms with van der Waals surface area (Å²) in [5.74, 6) is -1.56. The Bertz CT molecular complexity index is 1320. The molecule has 10 nitrogen and oxygen atoms in total. The lowest BCUT2D eigenvalue weighted by molar-refractivity contribution is -0.143. The second-order valence-electron chi connectivity index (χ2n) is 6.84. The number of benzene rings is 2. The highest BCUT2D eigenvalue weighted by atomic mass is 19.4. The summed E-state index contributed by atoms with van der Waals surface area (Å²) in [6.45, 7) is 1.42. The minimum absolute atomic E-state index is 0.0431. The second-order valence-corrected chi connectivity index (χ2v) is 6.84. The van der Waals surface area contributed by atoms with Gasteiger partial charge in [-0.3, -0.25) is 4.79 Å². The topological polar surface area (TPSA) is 117 Å². The molecule has 1 N–H and O–H groups in total. The smallest absolute Gasteiger partial charge is 0.434 e. The number of halogens is 3. The molecule has 174 valence electrons. The third-order valence-corrected chi connectivity index (χ3v) is 4.62. The van der Waals surface area contributed by atoms with E-state index in [1.54, 1.807) is 24.3 Å². The number of rotatable bonds is 6. The molecule has 13 heteroatoms. The van der Waals surface area contributed by atoms with Gasteiger partial charge in [-0.05, 0) is 59.8 Å². The van der Waals surface area contributed by atoms with Crippen molar-refractivity contribution in [2.75, 3.05) is 11.9 Å². The van der Waals surface area contributed by atoms with Crippen LogP contribution >= 0.6 is 0 Å². The normalized spacial score (nSPS) is 11.3. The number of anilines is 1. The van der Waals surface area contributed by atoms with Crippen LogP contribution in [0.25, 0.3) is 11.4 Å². The van der Waals surface area contributed by atoms with Gasteiger partial charge in [-0.25, -0.2) is 14.2 Å². The third-order valence-electron chi connectivity index (χ3n) is 4.62. The fourth-order valence-corrected chi connectivity index (χ4v) is 3.13. The number of carbonyl (C=O) groups excluding carboxylic acids is 2. The summed E-state index contributed by atoms with van der Waals surface area (Å²) in [5, 5.41) is 17.2. The van der Waals surface area contributed by atoms with Gasteiger partial charge in [0, 0.05) is 11.3 Å². The lowest BCUT2D eigenvalue weighted by Gasteiger charge is -2.13. The van der Waals surface area contributed by atoms with E-state index in [9.17, 15) is 22.8 Å². The van der Waals surface area contributed by atoms with Gasteiger partial charge < -0.3 is 10.1 Å². The molecule has 0 saturated heterocycles. The number of alkyl halides is 3. The zero-order chi connectivity index (χ0) is 24.3. The molecule has 2 heterocycles. The molecule has 0 aliphatic heterocycles. The largest absolute Gasteiger partial charge is 0.462 e. The lowest BCUT2D eigenvalue weighted by atomic mass is 10.1. The van der Waals surface area contributed by atoms with Crippen LogP contribution in [0.5, 0.6) is 0 Å². The van der Waals surface area contributed by atoms with Crippen LogP contribution in [0.4, 0.5) is 18.9 Å². The first kappa shape index (κ1) is 22.6. The molecule has 0 aliphatic rings. The van der Waals surface area contributed by atoms with Crippen molar-refractivity contribution in [2.24, 2.45) is 0 Å². The highest BCUT2D eigenvalue weighted by Gasteiger charge is 2.41. The molecule has 0 aliphatic carbocycles. The molecule has 0 spiro atoms. The monoisotopic (exact) mass is 471 g/mol. The van der Waals surface area contributed by atoms with Crippen molar-refractivity contribution in [3.8, 4) is 11.4 Å². The van der Waals surface area contributed by atoms with Crippen LogP contribution in [0.3, 0.4) is 0 Å². The van der Waals surface area contributed by atoms with Crippen LogP contribution < -0.4 is 5.32 Å². The number of tetrazole rings is 1. The van der Waals surface area contributed by atoms with E-state index in [4.69, 9.17) is 4.74 Å². The minimum Gasteiger partial charge on any atom is -0.462 e. The van der Waals surface area contributed by atoms with E-state index in [2.05, 4.69) is 25.9 Å². The van der Waals surface area contributed by atoms with Gasteiger partial charge in [-0.2, -0.15) is 18.3 Å². The summed E-state index contributed by atoms with van der Waals surface area (Å²) in [6.07, 6.45) is -2.65. The molecule has 34 heavy (non-hydrogen) atoms. The number of ether oxygens (including phenoxy) is 1. The Kier molecular flexibility index (Phi) is 6.08. The summed E-state index contributed by atoms with van der Waals surface area (Å²) in [6, 6.07) is 12.1. The number of hydrogen-bond acceptors (Lipinski definition) is 7. The van der Waals surface area contributed by atoms with Gasteiger partial charge in [0.25, 0.3) is 5.91 Å². The summed E-state index contributed by atoms with van der Waals surface area (Å²) in [4.78, 5) is 24.6. The molecule has 4 rings (SSSR count). The first-order valence-electron chi connectivity index (χ1n) is 9.85. The number of aromatic nitrogens is 6. The summed E-state index contributed by atoms with van der Waals surface area (Å²) in [5.41, 5.74) is -0.655. The number of nitrogens with zero attached hydrogens (tertiary/aromatic N) is 6. The molecular formula is C21H16F3N7O3. The molecular weight excluding hydrogens is 455 g/mol. The van der Waals surface area contributed by atoms with Gasteiger partial charge in [0.05, 0.1) is 24.2 Å². The molecule has 0 unspecified atom stereocenters. The predicted octanol–water partition coefficient (Wildman–Crippen LogP) is 3.30. The SMILES string of the molecule is CCOC(=O)c1cnn(-c2ccc(NC(=O)c3cccc(-n4cnnn4)c3)cc2)c1C(F)(F)F. The Labute approximate surface area is 190 Å². The Morgan fingerprint density at radius 1 is 1.09 bits per heavy atom. The van der Waals surface area contributed by atoms with Crippen molar-refractivity contribution < 1.29 is 27.5 Å². The van der Waals surface area contributed by atoms with E-state index in [1.165, 1.54) is 42.2 Å². The average molecular weight is 471 g/mol. The Morgan fingerprint density at radius 2 is 1.85 bits per heavy atom. The van der Waals surface area contributed by atoms with Gasteiger partial charge in [0.15, 0.2) is 5.69 Å². The maximum atomic E-state index is 13.7. The number of esters is 1. The van der Waals surface area contributed by atoms with Crippen molar-refractivity contribution in [1.29, 1.82) is 0 Å². The first-order chi connectivity index (χ1) is 16.3. The maximum Gasteiger partial charge on any atom is 0.434 e. The summed E-state index contributed by atoms with van der Waals surface area (Å²) >= 11 is 0. The molecule has 0 bridgehead atoms. The lowest BCUT2D eigenvalue weighted by Crippen LogP contribution is -2.18. The van der Waals surface area contributed by atoms with Gasteiger partial charge in [0.1, 0.15) is 11.9 Å². The summed E-state index contributed by atoms with van der Waals surface area (Å²) in [7, 11) is 0. The number of hydrogen-bond donors (Lipinski definition) is 1. The van der Waals surface area contributed by atoms with Crippen LogP contribution in [0.15, 0.2) is 61.1 Å². The molecule has 2 aromatic heterocycles. The predicted molar refractivity (Wildman–Crippen MR) is 112 cm³/mol. The van der Waals surface area contributed by atoms with Crippen LogP contribution in [-0.2, 0) is 10.9 Å². The van der Waals surface area contributed by atoms with E-state index >= 15 is 0 Å². The van der Waals surface area contributed by atoms with E-state index in [0.29, 0.717) is 21.6 Å². The summed E-state index contributed by atoms with van der Waals surface area (Å²) < 4.78 is 47.7. The van der Waals surface area contributed by atoms with Crippen LogP contribution in [-0.4, -0.2) is 48.5 Å². The Morgan fingerprint density at radius 3 is 2.50 bits per heavy atom. The molecule has 0 fully saturated rings. The van der Waals surface area contributed by atoms with Crippen LogP contribution in [0.2, 0.25) is 0 Å². The zero-order valence-electron chi connectivity index (χ0n) is 17.5.